The second kappa shape index (κ2) is 23.7. The summed E-state index contributed by atoms with van der Waals surface area (Å²) in [7, 11) is 0. The average Bonchev–Trinajstić information content (AvgIpc) is 3.46. The zero-order valence-electron chi connectivity index (χ0n) is 23.4. The smallest absolute Gasteiger partial charge is 1.00 e. The van der Waals surface area contributed by atoms with Crippen molar-refractivity contribution in [2.75, 3.05) is 0 Å². The second-order valence-corrected chi connectivity index (χ2v) is 9.26. The first kappa shape index (κ1) is 49.7. The molecule has 0 nitrogen and oxygen atoms in total. The molecule has 4 aliphatic carbocycles. The van der Waals surface area contributed by atoms with Gasteiger partial charge in [0.1, 0.15) is 0 Å². The van der Waals surface area contributed by atoms with Gasteiger partial charge in [-0.15, -0.1) is 26.7 Å². The van der Waals surface area contributed by atoms with E-state index >= 15 is 0 Å². The van der Waals surface area contributed by atoms with Crippen LogP contribution in [-0.4, -0.2) is 0 Å². The largest absolute Gasteiger partial charge is 4.00 e. The minimum absolute atomic E-state index is 0. The van der Waals surface area contributed by atoms with Crippen molar-refractivity contribution in [2.24, 2.45) is 10.8 Å². The van der Waals surface area contributed by atoms with Crippen molar-refractivity contribution in [1.29, 1.82) is 0 Å². The normalized spacial score (nSPS) is 17.9. The van der Waals surface area contributed by atoms with Gasteiger partial charge in [-0.1, -0.05) is 66.2 Å². The van der Waals surface area contributed by atoms with Crippen molar-refractivity contribution in [3.63, 3.8) is 0 Å². The summed E-state index contributed by atoms with van der Waals surface area (Å²) in [5.41, 5.74) is 8.79. The molecule has 0 saturated carbocycles. The molecule has 196 valence electrons. The molecule has 0 unspecified atom stereocenters. The molecular formula is C30H40Cl4Hf2. The van der Waals surface area contributed by atoms with Crippen molar-refractivity contribution in [3.8, 4) is 0 Å². The van der Waals surface area contributed by atoms with Gasteiger partial charge in [0.2, 0.25) is 0 Å². The second-order valence-electron chi connectivity index (χ2n) is 9.26. The first-order valence-electron chi connectivity index (χ1n) is 10.9. The standard InChI is InChI=1S/2C10H15.2C5H5.4ClH.2Hf/c2*1-7-6-10(4,5)9(3)8(7)2;2*1-2-4-5-3-1;;;;;;/h2*1-5H3;2*1-3H,4H2;4*1H;;/q4*-1;;;;;2*+4/p-4. The molecule has 36 heavy (non-hydrogen) atoms. The number of hydrogen-bond donors (Lipinski definition) is 0. The molecule has 0 atom stereocenters. The van der Waals surface area contributed by atoms with Gasteiger partial charge >= 0.3 is 51.7 Å². The molecule has 0 spiro atoms. The van der Waals surface area contributed by atoms with Gasteiger partial charge in [-0.25, -0.2) is 35.5 Å². The third-order valence-corrected chi connectivity index (χ3v) is 6.30. The monoisotopic (exact) mass is 900 g/mol. The fraction of sp³-hybridized carbons (Fsp3) is 0.467. The average molecular weight is 899 g/mol. The molecule has 4 rings (SSSR count). The summed E-state index contributed by atoms with van der Waals surface area (Å²) in [5, 5.41) is 0. The van der Waals surface area contributed by atoms with E-state index in [1.807, 2.05) is 24.3 Å². The first-order chi connectivity index (χ1) is 13.9. The number of rotatable bonds is 0. The minimum atomic E-state index is 0. The molecule has 6 heteroatoms. The van der Waals surface area contributed by atoms with Gasteiger partial charge in [-0.2, -0.15) is 34.4 Å². The molecule has 0 aliphatic heterocycles. The van der Waals surface area contributed by atoms with Crippen molar-refractivity contribution in [1.82, 2.24) is 0 Å². The Morgan fingerprint density at radius 1 is 0.556 bits per heavy atom. The number of allylic oxidation sites excluding steroid dienone is 16. The van der Waals surface area contributed by atoms with Crippen LogP contribution in [0, 0.1) is 35.1 Å². The van der Waals surface area contributed by atoms with Crippen LogP contribution >= 0.6 is 0 Å². The summed E-state index contributed by atoms with van der Waals surface area (Å²) in [6, 6.07) is 0. The summed E-state index contributed by atoms with van der Waals surface area (Å²) in [4.78, 5) is 0. The summed E-state index contributed by atoms with van der Waals surface area (Å²) in [6.45, 7) is 21.8. The van der Waals surface area contributed by atoms with Gasteiger partial charge in [0, 0.05) is 0 Å². The summed E-state index contributed by atoms with van der Waals surface area (Å²) in [5.74, 6) is 0. The van der Waals surface area contributed by atoms with E-state index in [2.05, 4.69) is 106 Å². The van der Waals surface area contributed by atoms with Gasteiger partial charge in [-0.3, -0.25) is 24.3 Å². The third-order valence-electron chi connectivity index (χ3n) is 6.30. The van der Waals surface area contributed by atoms with Crippen LogP contribution in [0.2, 0.25) is 0 Å². The maximum Gasteiger partial charge on any atom is 4.00 e. The molecule has 0 radical (unpaired) electrons. The predicted molar refractivity (Wildman–Crippen MR) is 132 cm³/mol. The SMILES string of the molecule is CC1=[C-]C(C)(C)C(C)=C1C.CC1=[C-]C(C)(C)C(C)=C1C.[C-]1=CC=CC1.[C-]1=CC=CC1.[Cl-].[Cl-].[Cl-].[Cl-].[Hf+4].[Hf+4]. The number of hydrogen-bond acceptors (Lipinski definition) is 0. The zero-order valence-corrected chi connectivity index (χ0v) is 33.6. The van der Waals surface area contributed by atoms with Crippen molar-refractivity contribution >= 4 is 0 Å². The maximum atomic E-state index is 3.44. The van der Waals surface area contributed by atoms with Gasteiger partial charge < -0.3 is 49.6 Å². The Morgan fingerprint density at radius 2 is 0.833 bits per heavy atom. The van der Waals surface area contributed by atoms with Gasteiger partial charge in [0.15, 0.2) is 0 Å². The Labute approximate surface area is 285 Å². The molecule has 0 saturated heterocycles. The van der Waals surface area contributed by atoms with E-state index in [1.54, 1.807) is 0 Å². The molecule has 0 bridgehead atoms. The van der Waals surface area contributed by atoms with Crippen LogP contribution in [0.25, 0.3) is 0 Å². The van der Waals surface area contributed by atoms with Gasteiger partial charge in [-0.05, 0) is 0 Å². The molecule has 0 aromatic carbocycles. The topological polar surface area (TPSA) is 0 Å². The Hall–Kier alpha value is 0.820. The predicted octanol–water partition coefficient (Wildman–Crippen LogP) is -3.15. The Kier molecular flexibility index (Phi) is 32.7. The van der Waals surface area contributed by atoms with E-state index in [1.165, 1.54) is 33.4 Å². The maximum absolute atomic E-state index is 3.44. The van der Waals surface area contributed by atoms with Crippen LogP contribution in [0.3, 0.4) is 0 Å². The van der Waals surface area contributed by atoms with Crippen LogP contribution in [0.15, 0.2) is 69.9 Å². The van der Waals surface area contributed by atoms with E-state index < -0.39 is 0 Å². The van der Waals surface area contributed by atoms with Crippen molar-refractivity contribution < 1.29 is 101 Å². The van der Waals surface area contributed by atoms with Crippen LogP contribution in [0.5, 0.6) is 0 Å². The Bertz CT molecular complexity index is 773. The molecule has 0 heterocycles. The molecule has 4 aliphatic rings. The van der Waals surface area contributed by atoms with Gasteiger partial charge in [0.05, 0.1) is 0 Å². The molecule has 0 aromatic rings. The molecule has 0 N–H and O–H groups in total. The molecular weight excluding hydrogens is 859 g/mol. The minimum Gasteiger partial charge on any atom is -1.00 e. The van der Waals surface area contributed by atoms with Crippen LogP contribution in [-0.2, 0) is 51.7 Å². The van der Waals surface area contributed by atoms with E-state index in [0.717, 1.165) is 12.8 Å². The Morgan fingerprint density at radius 3 is 0.889 bits per heavy atom. The van der Waals surface area contributed by atoms with E-state index in [4.69, 9.17) is 0 Å². The fourth-order valence-corrected chi connectivity index (χ4v) is 3.49. The van der Waals surface area contributed by atoms with Crippen molar-refractivity contribution in [3.05, 3.63) is 94.2 Å². The van der Waals surface area contributed by atoms with Crippen LogP contribution in [0.1, 0.15) is 82.1 Å². The van der Waals surface area contributed by atoms with E-state index in [0.29, 0.717) is 0 Å². The van der Waals surface area contributed by atoms with Gasteiger partial charge in [0.25, 0.3) is 0 Å². The van der Waals surface area contributed by atoms with Crippen molar-refractivity contribution in [2.45, 2.75) is 82.1 Å². The fourth-order valence-electron chi connectivity index (χ4n) is 3.49. The van der Waals surface area contributed by atoms with E-state index in [9.17, 15) is 0 Å². The Balaban J connectivity index is -0.0000000819. The summed E-state index contributed by atoms with van der Waals surface area (Å²) >= 11 is 0. The summed E-state index contributed by atoms with van der Waals surface area (Å²) < 4.78 is 0. The molecule has 0 fully saturated rings. The quantitative estimate of drug-likeness (QED) is 0.179. The van der Waals surface area contributed by atoms with E-state index in [-0.39, 0.29) is 112 Å². The zero-order chi connectivity index (χ0) is 22.9. The molecule has 0 amide bonds. The molecule has 0 aromatic heterocycles. The van der Waals surface area contributed by atoms with Crippen LogP contribution in [0.4, 0.5) is 0 Å². The third kappa shape index (κ3) is 16.7. The van der Waals surface area contributed by atoms with Crippen LogP contribution < -0.4 is 49.6 Å². The summed E-state index contributed by atoms with van der Waals surface area (Å²) in [6.07, 6.45) is 26.9. The number of halogens is 4. The first-order valence-corrected chi connectivity index (χ1v) is 10.9.